The molecule has 0 saturated carbocycles. The lowest BCUT2D eigenvalue weighted by molar-refractivity contribution is 0.408. The van der Waals surface area contributed by atoms with Crippen molar-refractivity contribution in [2.24, 2.45) is 0 Å². The quantitative estimate of drug-likeness (QED) is 0.179. The summed E-state index contributed by atoms with van der Waals surface area (Å²) in [6.45, 7) is 6.48. The maximum Gasteiger partial charge on any atom is 0.590 e. The van der Waals surface area contributed by atoms with Crippen LogP contribution in [0.5, 0.6) is 0 Å². The predicted molar refractivity (Wildman–Crippen MR) is 95.6 cm³/mol. The minimum absolute atomic E-state index is 0.697. The van der Waals surface area contributed by atoms with Crippen LogP contribution in [0.4, 0.5) is 0 Å². The molecule has 0 aliphatic carbocycles. The summed E-state index contributed by atoms with van der Waals surface area (Å²) in [4.78, 5) is 0. The van der Waals surface area contributed by atoms with Crippen LogP contribution in [0.15, 0.2) is 0 Å². The molecule has 0 heterocycles. The highest BCUT2D eigenvalue weighted by atomic mass is 32.2. The van der Waals surface area contributed by atoms with Crippen LogP contribution in [-0.2, 0) is 16.1 Å². The monoisotopic (exact) mass is 316 g/mol. The molecule has 0 spiro atoms. The van der Waals surface area contributed by atoms with E-state index < -0.39 is 0 Å². The van der Waals surface area contributed by atoms with Gasteiger partial charge in [-0.25, -0.2) is 0 Å². The Labute approximate surface area is 137 Å². The molecule has 0 amide bonds. The van der Waals surface area contributed by atoms with Crippen LogP contribution in [0.25, 0.3) is 0 Å². The van der Waals surface area contributed by atoms with Gasteiger partial charge in [0.15, 0.2) is 0 Å². The third-order valence-electron chi connectivity index (χ3n) is 4.13. The molecule has 0 aliphatic heterocycles. The third-order valence-corrected chi connectivity index (χ3v) is 4.70. The summed E-state index contributed by atoms with van der Waals surface area (Å²) < 4.78 is 13.1. The highest BCUT2D eigenvalue weighted by Gasteiger charge is 2.15. The maximum atomic E-state index is 11.1. The van der Waals surface area contributed by atoms with E-state index in [1.807, 2.05) is 4.31 Å². The van der Waals surface area contributed by atoms with Crippen molar-refractivity contribution < 1.29 is 4.21 Å². The van der Waals surface area contributed by atoms with E-state index in [-0.39, 0.29) is 0 Å². The first-order chi connectivity index (χ1) is 10.3. The zero-order chi connectivity index (χ0) is 15.6. The Morgan fingerprint density at radius 2 is 0.905 bits per heavy atom. The van der Waals surface area contributed by atoms with Gasteiger partial charge in [-0.1, -0.05) is 90.9 Å². The fraction of sp³-hybridized carbons (Fsp3) is 1.00. The van der Waals surface area contributed by atoms with Crippen molar-refractivity contribution in [3.8, 4) is 0 Å². The van der Waals surface area contributed by atoms with Crippen molar-refractivity contribution in [1.82, 2.24) is 4.31 Å². The summed E-state index contributed by atoms with van der Waals surface area (Å²) in [5.74, 6) is 0. The van der Waals surface area contributed by atoms with Gasteiger partial charge in [-0.05, 0) is 17.1 Å². The highest BCUT2D eigenvalue weighted by molar-refractivity contribution is 7.62. The van der Waals surface area contributed by atoms with Crippen LogP contribution >= 0.6 is 0 Å². The third kappa shape index (κ3) is 16.2. The number of unbranched alkanes of at least 4 members (excludes halogenated alkanes) is 12. The molecular formula is C18H38NOS+. The lowest BCUT2D eigenvalue weighted by Crippen LogP contribution is -2.21. The van der Waals surface area contributed by atoms with Crippen LogP contribution in [0, 0.1) is 0 Å². The molecule has 3 heteroatoms. The van der Waals surface area contributed by atoms with Crippen LogP contribution < -0.4 is 0 Å². The Kier molecular flexibility index (Phi) is 18.0. The molecule has 2 nitrogen and oxygen atoms in total. The van der Waals surface area contributed by atoms with Gasteiger partial charge in [-0.3, -0.25) is 0 Å². The molecule has 0 atom stereocenters. The largest absolute Gasteiger partial charge is 0.590 e. The van der Waals surface area contributed by atoms with Crippen molar-refractivity contribution in [1.29, 1.82) is 0 Å². The minimum atomic E-state index is 0.697. The summed E-state index contributed by atoms with van der Waals surface area (Å²) in [6, 6.07) is 0. The molecule has 0 rings (SSSR count). The van der Waals surface area contributed by atoms with E-state index >= 15 is 0 Å². The average Bonchev–Trinajstić information content (AvgIpc) is 2.51. The molecule has 0 radical (unpaired) electrons. The van der Waals surface area contributed by atoms with Gasteiger partial charge in [0.1, 0.15) is 0 Å². The first-order valence-electron chi connectivity index (χ1n) is 9.40. The van der Waals surface area contributed by atoms with Crippen molar-refractivity contribution >= 4 is 11.9 Å². The smallest absolute Gasteiger partial charge is 0.0654 e. The van der Waals surface area contributed by atoms with E-state index in [4.69, 9.17) is 0 Å². The zero-order valence-electron chi connectivity index (χ0n) is 14.6. The molecule has 126 valence electrons. The molecule has 0 unspecified atom stereocenters. The van der Waals surface area contributed by atoms with Crippen LogP contribution in [0.3, 0.4) is 0 Å². The highest BCUT2D eigenvalue weighted by Crippen LogP contribution is 2.09. The van der Waals surface area contributed by atoms with E-state index in [1.54, 1.807) is 0 Å². The molecular weight excluding hydrogens is 278 g/mol. The van der Waals surface area contributed by atoms with Crippen LogP contribution in [0.2, 0.25) is 0 Å². The van der Waals surface area contributed by atoms with Gasteiger partial charge >= 0.3 is 11.9 Å². The summed E-state index contributed by atoms with van der Waals surface area (Å²) in [5.41, 5.74) is 0. The second-order valence-electron chi connectivity index (χ2n) is 6.25. The van der Waals surface area contributed by atoms with E-state index in [9.17, 15) is 4.21 Å². The predicted octanol–water partition coefficient (Wildman–Crippen LogP) is 6.13. The molecule has 0 bridgehead atoms. The number of rotatable bonds is 17. The van der Waals surface area contributed by atoms with Gasteiger partial charge in [0.2, 0.25) is 0 Å². The lowest BCUT2D eigenvalue weighted by Gasteiger charge is -2.05. The molecule has 0 aromatic carbocycles. The minimum Gasteiger partial charge on any atom is -0.0654 e. The van der Waals surface area contributed by atoms with Gasteiger partial charge in [0.05, 0.1) is 17.3 Å². The van der Waals surface area contributed by atoms with Crippen molar-refractivity contribution in [3.63, 3.8) is 0 Å². The standard InChI is InChI=1S/C18H38NOS/c1-3-5-7-9-11-13-15-17-19(21-20)18-16-14-12-10-8-6-4-2/h3-18H2,1-2H3/q+1. The number of hydrogen-bond acceptors (Lipinski definition) is 1. The van der Waals surface area contributed by atoms with E-state index in [1.165, 1.54) is 89.9 Å². The topological polar surface area (TPSA) is 20.3 Å². The van der Waals surface area contributed by atoms with Crippen molar-refractivity contribution in [2.75, 3.05) is 13.1 Å². The second kappa shape index (κ2) is 18.0. The molecule has 0 N–H and O–H groups in total. The van der Waals surface area contributed by atoms with Crippen LogP contribution in [0.1, 0.15) is 104 Å². The Balaban J connectivity index is 3.31. The van der Waals surface area contributed by atoms with Gasteiger partial charge in [-0.15, -0.1) is 0 Å². The van der Waals surface area contributed by atoms with Gasteiger partial charge in [-0.2, -0.15) is 0 Å². The summed E-state index contributed by atoms with van der Waals surface area (Å²) in [5, 5.41) is 0. The Morgan fingerprint density at radius 3 is 1.24 bits per heavy atom. The Hall–Kier alpha value is -0.0200. The van der Waals surface area contributed by atoms with Gasteiger partial charge in [0.25, 0.3) is 0 Å². The maximum absolute atomic E-state index is 11.1. The van der Waals surface area contributed by atoms with Gasteiger partial charge < -0.3 is 0 Å². The molecule has 0 aromatic rings. The Morgan fingerprint density at radius 1 is 0.571 bits per heavy atom. The second-order valence-corrected chi connectivity index (χ2v) is 6.91. The zero-order valence-corrected chi connectivity index (χ0v) is 15.4. The van der Waals surface area contributed by atoms with E-state index in [2.05, 4.69) is 13.8 Å². The first-order valence-corrected chi connectivity index (χ1v) is 10.1. The summed E-state index contributed by atoms with van der Waals surface area (Å²) in [7, 11) is 0. The molecule has 0 saturated heterocycles. The summed E-state index contributed by atoms with van der Waals surface area (Å²) >= 11 is 0.697. The molecule has 21 heavy (non-hydrogen) atoms. The molecule has 0 aliphatic rings. The molecule has 0 fully saturated rings. The fourth-order valence-corrected chi connectivity index (χ4v) is 3.08. The average molecular weight is 317 g/mol. The van der Waals surface area contributed by atoms with Gasteiger partial charge in [0, 0.05) is 0 Å². The number of hydrogen-bond donors (Lipinski definition) is 0. The SMILES string of the molecule is CCCCCCCCCN(CCCCCCCCC)[S+]=O. The fourth-order valence-electron chi connectivity index (χ4n) is 2.68. The normalized spacial score (nSPS) is 11.2. The van der Waals surface area contributed by atoms with Crippen LogP contribution in [-0.4, -0.2) is 17.4 Å². The Bertz CT molecular complexity index is 193. The van der Waals surface area contributed by atoms with Crippen molar-refractivity contribution in [2.45, 2.75) is 104 Å². The first kappa shape index (κ1) is 21.0. The summed E-state index contributed by atoms with van der Waals surface area (Å²) in [6.07, 6.45) is 18.5. The van der Waals surface area contributed by atoms with Crippen molar-refractivity contribution in [3.05, 3.63) is 0 Å². The number of nitrogens with zero attached hydrogens (tertiary/aromatic N) is 1. The lowest BCUT2D eigenvalue weighted by atomic mass is 10.1. The van der Waals surface area contributed by atoms with E-state index in [0.29, 0.717) is 11.9 Å². The van der Waals surface area contributed by atoms with E-state index in [0.717, 1.165) is 13.1 Å². The molecule has 0 aromatic heterocycles.